The van der Waals surface area contributed by atoms with Crippen LogP contribution in [0.15, 0.2) is 18.2 Å². The van der Waals surface area contributed by atoms with E-state index in [-0.39, 0.29) is 0 Å². The minimum absolute atomic E-state index is 0.398. The molecule has 0 aliphatic carbocycles. The predicted molar refractivity (Wildman–Crippen MR) is 117 cm³/mol. The predicted octanol–water partition coefficient (Wildman–Crippen LogP) is 6.01. The van der Waals surface area contributed by atoms with Crippen molar-refractivity contribution in [2.24, 2.45) is 0 Å². The van der Waals surface area contributed by atoms with Crippen LogP contribution < -0.4 is 10.1 Å². The van der Waals surface area contributed by atoms with E-state index in [1.165, 1.54) is 38.5 Å². The van der Waals surface area contributed by atoms with Crippen molar-refractivity contribution in [2.45, 2.75) is 72.6 Å². The lowest BCUT2D eigenvalue weighted by molar-refractivity contribution is 0.138. The van der Waals surface area contributed by atoms with Gasteiger partial charge < -0.3 is 9.47 Å². The minimum atomic E-state index is -0.398. The van der Waals surface area contributed by atoms with Crippen LogP contribution in [0.3, 0.4) is 0 Å². The monoisotopic (exact) mass is 392 g/mol. The van der Waals surface area contributed by atoms with Gasteiger partial charge in [-0.2, -0.15) is 0 Å². The highest BCUT2D eigenvalue weighted by atomic mass is 16.5. The zero-order chi connectivity index (χ0) is 20.6. The van der Waals surface area contributed by atoms with Crippen LogP contribution in [0.5, 0.6) is 5.75 Å². The molecule has 1 aromatic carbocycles. The van der Waals surface area contributed by atoms with E-state index in [2.05, 4.69) is 31.0 Å². The fourth-order valence-electron chi connectivity index (χ4n) is 2.92. The normalized spacial score (nSPS) is 10.9. The molecule has 0 aliphatic heterocycles. The van der Waals surface area contributed by atoms with Crippen molar-refractivity contribution in [3.8, 4) is 5.75 Å². The van der Waals surface area contributed by atoms with Gasteiger partial charge in [-0.15, -0.1) is 0 Å². The summed E-state index contributed by atoms with van der Waals surface area (Å²) in [6.45, 7) is 12.6. The lowest BCUT2D eigenvalue weighted by Gasteiger charge is -2.21. The van der Waals surface area contributed by atoms with Gasteiger partial charge in [-0.25, -0.2) is 4.79 Å². The van der Waals surface area contributed by atoms with Gasteiger partial charge in [0.15, 0.2) is 0 Å². The van der Waals surface area contributed by atoms with Crippen molar-refractivity contribution in [1.29, 1.82) is 0 Å². The summed E-state index contributed by atoms with van der Waals surface area (Å²) in [5.74, 6) is 0.843. The lowest BCUT2D eigenvalue weighted by atomic mass is 10.2. The maximum absolute atomic E-state index is 12.1. The molecule has 0 heterocycles. The summed E-state index contributed by atoms with van der Waals surface area (Å²) in [6.07, 6.45) is 7.76. The Morgan fingerprint density at radius 2 is 1.61 bits per heavy atom. The van der Waals surface area contributed by atoms with Crippen molar-refractivity contribution < 1.29 is 14.3 Å². The van der Waals surface area contributed by atoms with E-state index < -0.39 is 6.09 Å². The number of carbonyl (C=O) groups is 1. The molecule has 0 aliphatic rings. The molecule has 0 bridgehead atoms. The van der Waals surface area contributed by atoms with Gasteiger partial charge in [0.1, 0.15) is 12.4 Å². The van der Waals surface area contributed by atoms with Gasteiger partial charge in [0, 0.05) is 12.2 Å². The Hall–Kier alpha value is -1.75. The highest BCUT2D eigenvalue weighted by Gasteiger charge is 2.09. The van der Waals surface area contributed by atoms with Crippen molar-refractivity contribution in [3.63, 3.8) is 0 Å². The van der Waals surface area contributed by atoms with E-state index in [4.69, 9.17) is 9.47 Å². The maximum atomic E-state index is 12.1. The molecule has 0 saturated heterocycles. The number of hydrogen-bond acceptors (Lipinski definition) is 4. The summed E-state index contributed by atoms with van der Waals surface area (Å²) in [6, 6.07) is 5.73. The second kappa shape index (κ2) is 15.2. The first kappa shape index (κ1) is 24.3. The van der Waals surface area contributed by atoms with Crippen LogP contribution in [-0.4, -0.2) is 43.8 Å². The smallest absolute Gasteiger partial charge is 0.411 e. The minimum Gasteiger partial charge on any atom is -0.494 e. The Balaban J connectivity index is 2.38. The molecule has 0 atom stereocenters. The molecule has 0 saturated carbocycles. The van der Waals surface area contributed by atoms with Crippen LogP contribution in [0.25, 0.3) is 0 Å². The topological polar surface area (TPSA) is 50.8 Å². The fraction of sp³-hybridized carbons (Fsp3) is 0.696. The molecular weight excluding hydrogens is 352 g/mol. The molecule has 0 spiro atoms. The van der Waals surface area contributed by atoms with E-state index in [1.54, 1.807) is 0 Å². The van der Waals surface area contributed by atoms with Crippen LogP contribution in [-0.2, 0) is 4.74 Å². The average molecular weight is 393 g/mol. The third-order valence-electron chi connectivity index (χ3n) is 4.75. The maximum Gasteiger partial charge on any atom is 0.411 e. The van der Waals surface area contributed by atoms with Crippen molar-refractivity contribution in [1.82, 2.24) is 4.90 Å². The Kier molecular flexibility index (Phi) is 13.2. The zero-order valence-electron chi connectivity index (χ0n) is 18.4. The van der Waals surface area contributed by atoms with Crippen LogP contribution in [0.2, 0.25) is 0 Å². The molecule has 160 valence electrons. The number of rotatable bonds is 15. The van der Waals surface area contributed by atoms with Gasteiger partial charge in [-0.1, -0.05) is 46.5 Å². The largest absolute Gasteiger partial charge is 0.494 e. The first-order valence-electron chi connectivity index (χ1n) is 11.0. The third-order valence-corrected chi connectivity index (χ3v) is 4.75. The van der Waals surface area contributed by atoms with Gasteiger partial charge in [-0.05, 0) is 63.0 Å². The molecule has 0 unspecified atom stereocenters. The Morgan fingerprint density at radius 1 is 0.929 bits per heavy atom. The summed E-state index contributed by atoms with van der Waals surface area (Å²) < 4.78 is 11.1. The average Bonchev–Trinajstić information content (AvgIpc) is 2.69. The summed E-state index contributed by atoms with van der Waals surface area (Å²) in [5, 5.41) is 2.84. The van der Waals surface area contributed by atoms with Crippen molar-refractivity contribution in [3.05, 3.63) is 23.8 Å². The molecule has 1 amide bonds. The van der Waals surface area contributed by atoms with Crippen LogP contribution in [0, 0.1) is 6.92 Å². The van der Waals surface area contributed by atoms with E-state index in [9.17, 15) is 4.79 Å². The standard InChI is InChI=1S/C23H40N2O3/c1-5-8-11-17-27-21-12-13-22(20(4)19-21)24-23(26)28-18-16-25(14-9-6-2)15-10-7-3/h12-13,19H,5-11,14-18H2,1-4H3,(H,24,26). The molecule has 28 heavy (non-hydrogen) atoms. The van der Waals surface area contributed by atoms with E-state index in [0.29, 0.717) is 6.61 Å². The van der Waals surface area contributed by atoms with Gasteiger partial charge in [0.05, 0.1) is 6.61 Å². The molecule has 0 fully saturated rings. The highest BCUT2D eigenvalue weighted by molar-refractivity contribution is 5.85. The molecule has 1 rings (SSSR count). The van der Waals surface area contributed by atoms with Crippen LogP contribution >= 0.6 is 0 Å². The Morgan fingerprint density at radius 3 is 2.21 bits per heavy atom. The van der Waals surface area contributed by atoms with Crippen molar-refractivity contribution in [2.75, 3.05) is 38.2 Å². The number of ether oxygens (including phenoxy) is 2. The number of carbonyl (C=O) groups excluding carboxylic acids is 1. The molecule has 5 nitrogen and oxygen atoms in total. The first-order chi connectivity index (χ1) is 13.6. The van der Waals surface area contributed by atoms with Crippen LogP contribution in [0.4, 0.5) is 10.5 Å². The SMILES string of the molecule is CCCCCOc1ccc(NC(=O)OCCN(CCCC)CCCC)c(C)c1. The van der Waals surface area contributed by atoms with Gasteiger partial charge in [-0.3, -0.25) is 10.2 Å². The number of hydrogen-bond donors (Lipinski definition) is 1. The zero-order valence-corrected chi connectivity index (χ0v) is 18.4. The number of nitrogens with one attached hydrogen (secondary N) is 1. The first-order valence-corrected chi connectivity index (χ1v) is 11.0. The second-order valence-corrected chi connectivity index (χ2v) is 7.34. The van der Waals surface area contributed by atoms with Crippen molar-refractivity contribution >= 4 is 11.8 Å². The van der Waals surface area contributed by atoms with Gasteiger partial charge in [0.2, 0.25) is 0 Å². The molecular formula is C23H40N2O3. The van der Waals surface area contributed by atoms with E-state index >= 15 is 0 Å². The molecule has 1 aromatic rings. The summed E-state index contributed by atoms with van der Waals surface area (Å²) >= 11 is 0. The fourth-order valence-corrected chi connectivity index (χ4v) is 2.92. The summed E-state index contributed by atoms with van der Waals surface area (Å²) in [5.41, 5.74) is 1.73. The Bertz CT molecular complexity index is 541. The third kappa shape index (κ3) is 10.5. The van der Waals surface area contributed by atoms with E-state index in [0.717, 1.165) is 49.7 Å². The molecule has 5 heteroatoms. The van der Waals surface area contributed by atoms with Gasteiger partial charge in [0.25, 0.3) is 0 Å². The number of amides is 1. The summed E-state index contributed by atoms with van der Waals surface area (Å²) in [7, 11) is 0. The number of unbranched alkanes of at least 4 members (excludes halogenated alkanes) is 4. The highest BCUT2D eigenvalue weighted by Crippen LogP contribution is 2.21. The number of anilines is 1. The molecule has 0 aromatic heterocycles. The molecule has 0 radical (unpaired) electrons. The number of nitrogens with zero attached hydrogens (tertiary/aromatic N) is 1. The van der Waals surface area contributed by atoms with E-state index in [1.807, 2.05) is 25.1 Å². The van der Waals surface area contributed by atoms with Crippen LogP contribution in [0.1, 0.15) is 71.3 Å². The number of aryl methyl sites for hydroxylation is 1. The lowest BCUT2D eigenvalue weighted by Crippen LogP contribution is -2.31. The van der Waals surface area contributed by atoms with Gasteiger partial charge >= 0.3 is 6.09 Å². The second-order valence-electron chi connectivity index (χ2n) is 7.34. The molecule has 1 N–H and O–H groups in total. The Labute approximate surface area is 171 Å². The quantitative estimate of drug-likeness (QED) is 0.371. The summed E-state index contributed by atoms with van der Waals surface area (Å²) in [4.78, 5) is 14.5. The number of benzene rings is 1.